The van der Waals surface area contributed by atoms with Crippen molar-refractivity contribution in [2.24, 2.45) is 0 Å². The number of rotatable bonds is 1. The topological polar surface area (TPSA) is 73.3 Å². The third-order valence-electron chi connectivity index (χ3n) is 1.72. The summed E-state index contributed by atoms with van der Waals surface area (Å²) < 4.78 is 1.36. The molecule has 2 aromatic heterocycles. The molecule has 0 fully saturated rings. The van der Waals surface area contributed by atoms with Crippen molar-refractivity contribution in [3.8, 4) is 0 Å². The molecule has 2 aromatic rings. The lowest BCUT2D eigenvalue weighted by atomic mass is 10.5. The van der Waals surface area contributed by atoms with Crippen molar-refractivity contribution in [2.75, 3.05) is 0 Å². The van der Waals surface area contributed by atoms with Gasteiger partial charge >= 0.3 is 11.6 Å². The second-order valence-corrected chi connectivity index (χ2v) is 2.57. The van der Waals surface area contributed by atoms with E-state index in [0.29, 0.717) is 11.5 Å². The molecule has 0 saturated heterocycles. The minimum Gasteiger partial charge on any atom is -0.358 e. The molecule has 0 aliphatic carbocycles. The SMILES string of the molecule is Cc1nc2ncccn2c1[N+](=O)[O-]. The van der Waals surface area contributed by atoms with E-state index in [2.05, 4.69) is 9.97 Å². The summed E-state index contributed by atoms with van der Waals surface area (Å²) in [6.07, 6.45) is 3.12. The van der Waals surface area contributed by atoms with Gasteiger partial charge in [0.05, 0.1) is 0 Å². The van der Waals surface area contributed by atoms with Crippen LogP contribution in [-0.4, -0.2) is 19.3 Å². The number of nitrogens with zero attached hydrogens (tertiary/aromatic N) is 4. The Hall–Kier alpha value is -1.98. The number of nitro groups is 1. The molecular formula is C7H6N4O2. The molecule has 0 unspecified atom stereocenters. The third kappa shape index (κ3) is 1.03. The average Bonchev–Trinajstić information content (AvgIpc) is 2.39. The lowest BCUT2D eigenvalue weighted by molar-refractivity contribution is -0.390. The van der Waals surface area contributed by atoms with Crippen LogP contribution in [0.1, 0.15) is 5.69 Å². The molecule has 2 heterocycles. The average molecular weight is 178 g/mol. The third-order valence-corrected chi connectivity index (χ3v) is 1.72. The molecule has 0 N–H and O–H groups in total. The largest absolute Gasteiger partial charge is 0.358 e. The van der Waals surface area contributed by atoms with Crippen LogP contribution in [0.25, 0.3) is 5.78 Å². The van der Waals surface area contributed by atoms with Crippen LogP contribution in [0.4, 0.5) is 5.82 Å². The summed E-state index contributed by atoms with van der Waals surface area (Å²) in [6, 6.07) is 1.63. The maximum atomic E-state index is 10.6. The maximum Gasteiger partial charge on any atom is 0.352 e. The number of aryl methyl sites for hydroxylation is 1. The highest BCUT2D eigenvalue weighted by atomic mass is 16.6. The fourth-order valence-electron chi connectivity index (χ4n) is 1.21. The Morgan fingerprint density at radius 2 is 2.38 bits per heavy atom. The Labute approximate surface area is 73.0 Å². The Kier molecular flexibility index (Phi) is 1.48. The Balaban J connectivity index is 2.86. The van der Waals surface area contributed by atoms with Gasteiger partial charge in [0.1, 0.15) is 11.9 Å². The molecule has 66 valence electrons. The first-order valence-electron chi connectivity index (χ1n) is 3.64. The highest BCUT2D eigenvalue weighted by Crippen LogP contribution is 2.17. The zero-order chi connectivity index (χ0) is 9.42. The predicted molar refractivity (Wildman–Crippen MR) is 44.4 cm³/mol. The van der Waals surface area contributed by atoms with Crippen molar-refractivity contribution in [2.45, 2.75) is 6.92 Å². The molecule has 6 heteroatoms. The van der Waals surface area contributed by atoms with Gasteiger partial charge in [-0.1, -0.05) is 0 Å². The molecule has 0 aromatic carbocycles. The van der Waals surface area contributed by atoms with E-state index in [1.165, 1.54) is 4.40 Å². The monoisotopic (exact) mass is 178 g/mol. The molecule has 0 radical (unpaired) electrons. The van der Waals surface area contributed by atoms with E-state index in [4.69, 9.17) is 0 Å². The maximum absolute atomic E-state index is 10.6. The van der Waals surface area contributed by atoms with E-state index in [-0.39, 0.29) is 5.82 Å². The molecule has 6 nitrogen and oxygen atoms in total. The van der Waals surface area contributed by atoms with Crippen LogP contribution in [-0.2, 0) is 0 Å². The lowest BCUT2D eigenvalue weighted by Crippen LogP contribution is -1.95. The molecule has 13 heavy (non-hydrogen) atoms. The minimum absolute atomic E-state index is 0.0249. The van der Waals surface area contributed by atoms with Gasteiger partial charge in [-0.25, -0.2) is 0 Å². The summed E-state index contributed by atoms with van der Waals surface area (Å²) in [4.78, 5) is 18.0. The van der Waals surface area contributed by atoms with E-state index in [0.717, 1.165) is 0 Å². The smallest absolute Gasteiger partial charge is 0.352 e. The Morgan fingerprint density at radius 3 is 3.08 bits per heavy atom. The molecule has 0 aliphatic heterocycles. The molecule has 0 atom stereocenters. The minimum atomic E-state index is -0.461. The molecule has 0 spiro atoms. The van der Waals surface area contributed by atoms with Gasteiger partial charge in [-0.05, 0) is 17.9 Å². The van der Waals surface area contributed by atoms with Crippen LogP contribution in [0.3, 0.4) is 0 Å². The molecular weight excluding hydrogens is 172 g/mol. The highest BCUT2D eigenvalue weighted by Gasteiger charge is 2.18. The fraction of sp³-hybridized carbons (Fsp3) is 0.143. The van der Waals surface area contributed by atoms with Crippen molar-refractivity contribution in [1.29, 1.82) is 0 Å². The van der Waals surface area contributed by atoms with Gasteiger partial charge in [-0.3, -0.25) is 0 Å². The summed E-state index contributed by atoms with van der Waals surface area (Å²) in [7, 11) is 0. The van der Waals surface area contributed by atoms with E-state index in [1.54, 1.807) is 25.4 Å². The van der Waals surface area contributed by atoms with Crippen molar-refractivity contribution >= 4 is 11.6 Å². The summed E-state index contributed by atoms with van der Waals surface area (Å²) in [5.74, 6) is 0.329. The van der Waals surface area contributed by atoms with Crippen molar-refractivity contribution in [3.63, 3.8) is 0 Å². The second kappa shape index (κ2) is 2.51. The predicted octanol–water partition coefficient (Wildman–Crippen LogP) is 0.946. The van der Waals surface area contributed by atoms with E-state index in [1.807, 2.05) is 0 Å². The van der Waals surface area contributed by atoms with Gasteiger partial charge in [0, 0.05) is 6.20 Å². The number of aromatic nitrogens is 3. The summed E-state index contributed by atoms with van der Waals surface area (Å²) in [5, 5.41) is 10.6. The Bertz CT molecular complexity index is 476. The standard InChI is InChI=1S/C7H6N4O2/c1-5-6(11(12)13)10-4-2-3-8-7(10)9-5/h2-4H,1H3. The van der Waals surface area contributed by atoms with Crippen LogP contribution >= 0.6 is 0 Å². The van der Waals surface area contributed by atoms with Gasteiger partial charge < -0.3 is 10.1 Å². The molecule has 0 bridgehead atoms. The van der Waals surface area contributed by atoms with Crippen molar-refractivity contribution in [3.05, 3.63) is 34.3 Å². The number of hydrogen-bond donors (Lipinski definition) is 0. The normalized spacial score (nSPS) is 10.5. The first-order chi connectivity index (χ1) is 6.20. The molecule has 0 aliphatic rings. The van der Waals surface area contributed by atoms with Gasteiger partial charge in [-0.2, -0.15) is 14.4 Å². The summed E-state index contributed by atoms with van der Waals surface area (Å²) in [6.45, 7) is 1.59. The first-order valence-corrected chi connectivity index (χ1v) is 3.64. The van der Waals surface area contributed by atoms with Crippen LogP contribution in [0.2, 0.25) is 0 Å². The number of fused-ring (bicyclic) bond motifs is 1. The van der Waals surface area contributed by atoms with Crippen molar-refractivity contribution < 1.29 is 4.92 Å². The van der Waals surface area contributed by atoms with Gasteiger partial charge in [0.15, 0.2) is 0 Å². The highest BCUT2D eigenvalue weighted by molar-refractivity contribution is 5.42. The summed E-state index contributed by atoms with van der Waals surface area (Å²) >= 11 is 0. The van der Waals surface area contributed by atoms with Crippen LogP contribution in [0.5, 0.6) is 0 Å². The van der Waals surface area contributed by atoms with Crippen LogP contribution in [0.15, 0.2) is 18.5 Å². The molecule has 2 rings (SSSR count). The van der Waals surface area contributed by atoms with Crippen LogP contribution in [0, 0.1) is 17.0 Å². The number of hydrogen-bond acceptors (Lipinski definition) is 4. The van der Waals surface area contributed by atoms with Gasteiger partial charge in [0.2, 0.25) is 0 Å². The lowest BCUT2D eigenvalue weighted by Gasteiger charge is -1.92. The van der Waals surface area contributed by atoms with Crippen LogP contribution < -0.4 is 0 Å². The molecule has 0 saturated carbocycles. The Morgan fingerprint density at radius 1 is 1.62 bits per heavy atom. The van der Waals surface area contributed by atoms with E-state index >= 15 is 0 Å². The molecule has 0 amide bonds. The van der Waals surface area contributed by atoms with Crippen molar-refractivity contribution in [1.82, 2.24) is 14.4 Å². The summed E-state index contributed by atoms with van der Waals surface area (Å²) in [5.41, 5.74) is 0.378. The van der Waals surface area contributed by atoms with E-state index < -0.39 is 4.92 Å². The first kappa shape index (κ1) is 7.66. The van der Waals surface area contributed by atoms with Gasteiger partial charge in [0.25, 0.3) is 0 Å². The fourth-order valence-corrected chi connectivity index (χ4v) is 1.21. The number of imidazole rings is 1. The zero-order valence-corrected chi connectivity index (χ0v) is 6.84. The second-order valence-electron chi connectivity index (χ2n) is 2.57. The zero-order valence-electron chi connectivity index (χ0n) is 6.84. The van der Waals surface area contributed by atoms with E-state index in [9.17, 15) is 10.1 Å². The van der Waals surface area contributed by atoms with Gasteiger partial charge in [-0.15, -0.1) is 0 Å². The quantitative estimate of drug-likeness (QED) is 0.481.